The van der Waals surface area contributed by atoms with Crippen molar-refractivity contribution >= 4 is 5.91 Å². The summed E-state index contributed by atoms with van der Waals surface area (Å²) in [5, 5.41) is 3.32. The Hall–Kier alpha value is -1.36. The van der Waals surface area contributed by atoms with E-state index in [-0.39, 0.29) is 11.3 Å². The number of nitrogens with one attached hydrogen (secondary N) is 2. The minimum Gasteiger partial charge on any atom is -0.347 e. The van der Waals surface area contributed by atoms with Crippen molar-refractivity contribution in [3.05, 3.63) is 18.2 Å². The van der Waals surface area contributed by atoms with Crippen LogP contribution in [0.25, 0.3) is 0 Å². The number of nitrogens with zero attached hydrogens (tertiary/aromatic N) is 2. The molecule has 0 spiro atoms. The second-order valence-corrected chi connectivity index (χ2v) is 5.15. The van der Waals surface area contributed by atoms with Crippen molar-refractivity contribution in [2.75, 3.05) is 20.1 Å². The molecule has 5 nitrogen and oxygen atoms in total. The van der Waals surface area contributed by atoms with E-state index < -0.39 is 0 Å². The minimum atomic E-state index is -0.198. The van der Waals surface area contributed by atoms with E-state index >= 15 is 0 Å². The molecule has 18 heavy (non-hydrogen) atoms. The summed E-state index contributed by atoms with van der Waals surface area (Å²) in [5.41, 5.74) is -0.198. The van der Waals surface area contributed by atoms with E-state index in [1.165, 1.54) is 0 Å². The first kappa shape index (κ1) is 13.1. The molecule has 1 atom stereocenters. The van der Waals surface area contributed by atoms with Gasteiger partial charge < -0.3 is 15.2 Å². The molecule has 1 unspecified atom stereocenters. The zero-order chi connectivity index (χ0) is 13.0. The van der Waals surface area contributed by atoms with Crippen molar-refractivity contribution < 1.29 is 4.79 Å². The quantitative estimate of drug-likeness (QED) is 0.824. The molecule has 0 aliphatic carbocycles. The third-order valence-corrected chi connectivity index (χ3v) is 3.71. The Balaban J connectivity index is 2.04. The summed E-state index contributed by atoms with van der Waals surface area (Å²) in [5.74, 6) is 1.08. The van der Waals surface area contributed by atoms with Crippen molar-refractivity contribution in [2.24, 2.45) is 5.41 Å². The molecule has 1 saturated heterocycles. The molecular weight excluding hydrogens is 228 g/mol. The van der Waals surface area contributed by atoms with Crippen LogP contribution in [0.5, 0.6) is 0 Å². The van der Waals surface area contributed by atoms with Crippen molar-refractivity contribution in [1.29, 1.82) is 0 Å². The van der Waals surface area contributed by atoms with Crippen LogP contribution in [0.15, 0.2) is 12.4 Å². The lowest BCUT2D eigenvalue weighted by molar-refractivity contribution is -0.140. The molecule has 1 aliphatic heterocycles. The van der Waals surface area contributed by atoms with Gasteiger partial charge in [-0.3, -0.25) is 4.79 Å². The monoisotopic (exact) mass is 250 g/mol. The number of H-pyrrole nitrogens is 1. The second kappa shape index (κ2) is 5.52. The van der Waals surface area contributed by atoms with Crippen molar-refractivity contribution in [3.8, 4) is 0 Å². The third kappa shape index (κ3) is 2.56. The number of hydrogen-bond acceptors (Lipinski definition) is 3. The van der Waals surface area contributed by atoms with Gasteiger partial charge in [0.2, 0.25) is 5.91 Å². The van der Waals surface area contributed by atoms with E-state index in [1.54, 1.807) is 17.3 Å². The van der Waals surface area contributed by atoms with E-state index in [1.807, 2.05) is 7.05 Å². The van der Waals surface area contributed by atoms with Gasteiger partial charge in [-0.1, -0.05) is 13.3 Å². The summed E-state index contributed by atoms with van der Waals surface area (Å²) >= 11 is 0. The summed E-state index contributed by atoms with van der Waals surface area (Å²) in [6, 6.07) is 0. The number of hydrogen-bond donors (Lipinski definition) is 2. The van der Waals surface area contributed by atoms with Gasteiger partial charge in [-0.2, -0.15) is 0 Å². The number of carbonyl (C=O) groups is 1. The Morgan fingerprint density at radius 3 is 3.00 bits per heavy atom. The van der Waals surface area contributed by atoms with Crippen molar-refractivity contribution in [1.82, 2.24) is 20.2 Å². The maximum absolute atomic E-state index is 12.6. The average molecular weight is 250 g/mol. The van der Waals surface area contributed by atoms with Gasteiger partial charge in [0.05, 0.1) is 12.0 Å². The summed E-state index contributed by atoms with van der Waals surface area (Å²) in [4.78, 5) is 21.6. The molecule has 2 heterocycles. The standard InChI is InChI=1S/C13H22N4O/c1-3-4-13(5-6-14-10-13)12(18)17(2)9-11-15-7-8-16-11/h7-8,14H,3-6,9-10H2,1-2H3,(H,15,16). The Kier molecular flexibility index (Phi) is 4.01. The van der Waals surface area contributed by atoms with Crippen LogP contribution >= 0.6 is 0 Å². The zero-order valence-electron chi connectivity index (χ0n) is 11.2. The smallest absolute Gasteiger partial charge is 0.230 e. The Morgan fingerprint density at radius 1 is 1.61 bits per heavy atom. The highest BCUT2D eigenvalue weighted by Gasteiger charge is 2.41. The van der Waals surface area contributed by atoms with Gasteiger partial charge in [0.25, 0.3) is 0 Å². The van der Waals surface area contributed by atoms with Gasteiger partial charge in [0.15, 0.2) is 0 Å². The number of imidazole rings is 1. The predicted molar refractivity (Wildman–Crippen MR) is 69.9 cm³/mol. The fourth-order valence-corrected chi connectivity index (χ4v) is 2.81. The van der Waals surface area contributed by atoms with Gasteiger partial charge in [0.1, 0.15) is 5.82 Å². The normalized spacial score (nSPS) is 23.2. The molecule has 0 bridgehead atoms. The average Bonchev–Trinajstić information content (AvgIpc) is 3.00. The molecule has 1 fully saturated rings. The lowest BCUT2D eigenvalue weighted by Crippen LogP contribution is -2.43. The lowest BCUT2D eigenvalue weighted by Gasteiger charge is -2.31. The first-order valence-electron chi connectivity index (χ1n) is 6.62. The maximum Gasteiger partial charge on any atom is 0.230 e. The fraction of sp³-hybridized carbons (Fsp3) is 0.692. The Bertz CT molecular complexity index is 382. The van der Waals surface area contributed by atoms with E-state index in [4.69, 9.17) is 0 Å². The van der Waals surface area contributed by atoms with Gasteiger partial charge >= 0.3 is 0 Å². The first-order chi connectivity index (χ1) is 8.68. The molecule has 1 aliphatic rings. The number of aromatic amines is 1. The molecule has 1 amide bonds. The van der Waals surface area contributed by atoms with Crippen LogP contribution in [-0.2, 0) is 11.3 Å². The van der Waals surface area contributed by atoms with Gasteiger partial charge in [0, 0.05) is 26.0 Å². The van der Waals surface area contributed by atoms with Crippen LogP contribution in [0.4, 0.5) is 0 Å². The van der Waals surface area contributed by atoms with E-state index in [0.717, 1.165) is 38.2 Å². The molecule has 1 aromatic heterocycles. The fourth-order valence-electron chi connectivity index (χ4n) is 2.81. The molecule has 0 saturated carbocycles. The molecule has 2 N–H and O–H groups in total. The van der Waals surface area contributed by atoms with Crippen molar-refractivity contribution in [2.45, 2.75) is 32.7 Å². The largest absolute Gasteiger partial charge is 0.347 e. The maximum atomic E-state index is 12.6. The van der Waals surface area contributed by atoms with Crippen LogP contribution in [0.1, 0.15) is 32.0 Å². The van der Waals surface area contributed by atoms with Crippen LogP contribution in [0.3, 0.4) is 0 Å². The van der Waals surface area contributed by atoms with Crippen LogP contribution in [-0.4, -0.2) is 40.9 Å². The van der Waals surface area contributed by atoms with Crippen LogP contribution in [0, 0.1) is 5.41 Å². The highest BCUT2D eigenvalue weighted by molar-refractivity contribution is 5.83. The zero-order valence-corrected chi connectivity index (χ0v) is 11.2. The molecule has 1 aromatic rings. The SMILES string of the molecule is CCCC1(C(=O)N(C)Cc2ncc[nH]2)CCNC1. The molecule has 100 valence electrons. The predicted octanol–water partition coefficient (Wildman–Crippen LogP) is 1.15. The number of carbonyl (C=O) groups excluding carboxylic acids is 1. The molecule has 0 aromatic carbocycles. The van der Waals surface area contributed by atoms with Crippen LogP contribution < -0.4 is 5.32 Å². The van der Waals surface area contributed by atoms with Crippen molar-refractivity contribution in [3.63, 3.8) is 0 Å². The molecule has 5 heteroatoms. The summed E-state index contributed by atoms with van der Waals surface area (Å²) in [7, 11) is 1.86. The summed E-state index contributed by atoms with van der Waals surface area (Å²) in [6.45, 7) is 4.44. The van der Waals surface area contributed by atoms with E-state index in [2.05, 4.69) is 22.2 Å². The number of amides is 1. The molecule has 2 rings (SSSR count). The summed E-state index contributed by atoms with van der Waals surface area (Å²) in [6.07, 6.45) is 6.45. The highest BCUT2D eigenvalue weighted by atomic mass is 16.2. The van der Waals surface area contributed by atoms with E-state index in [9.17, 15) is 4.79 Å². The van der Waals surface area contributed by atoms with Gasteiger partial charge in [-0.15, -0.1) is 0 Å². The van der Waals surface area contributed by atoms with Gasteiger partial charge in [-0.25, -0.2) is 4.98 Å². The summed E-state index contributed by atoms with van der Waals surface area (Å²) < 4.78 is 0. The lowest BCUT2D eigenvalue weighted by atomic mass is 9.81. The number of rotatable bonds is 5. The first-order valence-corrected chi connectivity index (χ1v) is 6.62. The third-order valence-electron chi connectivity index (χ3n) is 3.71. The molecular formula is C13H22N4O. The Labute approximate surface area is 108 Å². The Morgan fingerprint density at radius 2 is 2.44 bits per heavy atom. The second-order valence-electron chi connectivity index (χ2n) is 5.15. The molecule has 0 radical (unpaired) electrons. The minimum absolute atomic E-state index is 0.198. The number of aromatic nitrogens is 2. The topological polar surface area (TPSA) is 61.0 Å². The van der Waals surface area contributed by atoms with Gasteiger partial charge in [-0.05, 0) is 19.4 Å². The van der Waals surface area contributed by atoms with E-state index in [0.29, 0.717) is 6.54 Å². The highest BCUT2D eigenvalue weighted by Crippen LogP contribution is 2.33. The van der Waals surface area contributed by atoms with Crippen LogP contribution in [0.2, 0.25) is 0 Å².